The molecule has 536 valence electrons. The van der Waals surface area contributed by atoms with Gasteiger partial charge in [0.15, 0.2) is 11.5 Å². The average molecular weight is 1430 g/mol. The molecule has 35 heteroatoms. The molecule has 5 aromatic rings. The smallest absolute Gasteiger partial charge is 0.691 e. The van der Waals surface area contributed by atoms with Gasteiger partial charge >= 0.3 is 29.6 Å². The average Bonchev–Trinajstić information content (AvgIpc) is 1.58. The zero-order valence-corrected chi connectivity index (χ0v) is 57.9. The van der Waals surface area contributed by atoms with Gasteiger partial charge in [0.05, 0.1) is 43.5 Å². The molecule has 100 heavy (non-hydrogen) atoms. The number of aliphatic hydroxyl groups is 7. The SMILES string of the molecule is COCCCCCCCCOc1ccc(-c2ccc(-c3nnc(-c4ccc(C(=O)NC5CC(O)CNC(=O)C6C(O)C(C)CN6C(=O)C(C(O)CC(N)=O)NC(=O)C(C(O)C(O)c6ccc(O)c(OSOO[O-])c6)NC(=O)C6CC(O)CN6C(=O)C(C(C)O)NC5=O)cc4)o3)cc2)cc1.[Na+]. The van der Waals surface area contributed by atoms with Crippen LogP contribution in [0.4, 0.5) is 0 Å². The van der Waals surface area contributed by atoms with E-state index in [1.165, 1.54) is 37.6 Å². The Labute approximate surface area is 600 Å². The van der Waals surface area contributed by atoms with Crippen LogP contribution in [0.5, 0.6) is 17.2 Å². The van der Waals surface area contributed by atoms with Gasteiger partial charge in [0.1, 0.15) is 54.2 Å². The van der Waals surface area contributed by atoms with Crippen LogP contribution in [-0.4, -0.2) is 221 Å². The van der Waals surface area contributed by atoms with Crippen LogP contribution in [0.3, 0.4) is 0 Å². The molecule has 1 aromatic heterocycles. The normalized spacial score (nSPS) is 23.8. The molecule has 0 radical (unpaired) electrons. The monoisotopic (exact) mass is 1420 g/mol. The van der Waals surface area contributed by atoms with E-state index in [-0.39, 0.29) is 64.8 Å². The summed E-state index contributed by atoms with van der Waals surface area (Å²) in [6.45, 7) is 2.04. The van der Waals surface area contributed by atoms with Crippen LogP contribution in [0, 0.1) is 5.92 Å². The molecule has 3 aliphatic rings. The number of nitrogens with two attached hydrogens (primary N) is 1. The molecule has 15 N–H and O–H groups in total. The first-order valence-corrected chi connectivity index (χ1v) is 32.6. The van der Waals surface area contributed by atoms with Gasteiger partial charge in [0.2, 0.25) is 53.1 Å². The van der Waals surface area contributed by atoms with Gasteiger partial charge in [-0.15, -0.1) is 14.5 Å². The van der Waals surface area contributed by atoms with Crippen molar-refractivity contribution >= 4 is 59.6 Å². The van der Waals surface area contributed by atoms with Crippen LogP contribution in [0.15, 0.2) is 95.4 Å². The van der Waals surface area contributed by atoms with Gasteiger partial charge in [-0.25, -0.2) is 0 Å². The second-order valence-electron chi connectivity index (χ2n) is 24.4. The Bertz CT molecular complexity index is 3580. The van der Waals surface area contributed by atoms with Crippen LogP contribution in [0.2, 0.25) is 0 Å². The van der Waals surface area contributed by atoms with Crippen molar-refractivity contribution in [2.75, 3.05) is 40.0 Å². The molecule has 3 aliphatic heterocycles. The van der Waals surface area contributed by atoms with E-state index in [0.717, 1.165) is 85.6 Å². The summed E-state index contributed by atoms with van der Waals surface area (Å²) in [5.74, 6) is -11.1. The number of β-amino-alcohol motifs (C(OH)–C–C–N with tert-alkyl or cyclic N) is 1. The molecule has 3 fully saturated rings. The standard InChI is InChI=1S/C65H82N10O23S.Na/c1-33-31-75-53(54(33)82)61(89)67-30-41(77)27-44(68-57(85)37-12-16-39(17-13-37)63-73-72-62(95-63)38-14-10-35(11-15-38)36-18-21-43(22-19-36)94-25-9-7-5-4-6-8-24-93-3)58(86)69-50(34(2)76)64(90)74-32-42(78)28-45(74)59(87)71-52(60(88)70-51(65(75)91)47(80)29-49(66)81)56(84)55(83)40-20-23-46(79)48(26-40)96-99-98-97-92;/h10-23,26,33-34,41-42,44-45,47,50-56,76-80,82-84,92H,4-9,24-25,27-32H2,1-3H3,(H2,66,81)(H,67,89)(H,68,85)(H,69,86)(H,70,88)(H,71,87);/q;+1/p-1. The minimum Gasteiger partial charge on any atom is -0.691 e. The molecule has 0 aliphatic carbocycles. The quantitative estimate of drug-likeness (QED) is 0.00818. The Morgan fingerprint density at radius 2 is 1.30 bits per heavy atom. The molecular weight excluding hydrogens is 1340 g/mol. The van der Waals surface area contributed by atoms with Crippen LogP contribution < -0.4 is 76.1 Å². The number of unbranched alkanes of at least 4 members (excludes halogenated alkanes) is 5. The number of hydrogen-bond donors (Lipinski definition) is 14. The minimum atomic E-state index is -2.55. The molecule has 8 amide bonds. The van der Waals surface area contributed by atoms with E-state index in [0.29, 0.717) is 22.6 Å². The predicted molar refractivity (Wildman–Crippen MR) is 344 cm³/mol. The number of benzene rings is 4. The summed E-state index contributed by atoms with van der Waals surface area (Å²) < 4.78 is 26.2. The first kappa shape index (κ1) is 79.4. The van der Waals surface area contributed by atoms with Crippen molar-refractivity contribution < 1.29 is 141 Å². The molecule has 8 rings (SSSR count). The summed E-state index contributed by atoms with van der Waals surface area (Å²) in [5.41, 5.74) is 7.84. The number of nitrogens with zero attached hydrogens (tertiary/aromatic N) is 4. The Balaban J connectivity index is 0.0000140. The van der Waals surface area contributed by atoms with Gasteiger partial charge in [-0.3, -0.25) is 43.4 Å². The maximum absolute atomic E-state index is 14.7. The molecule has 4 aromatic carbocycles. The molecular formula is C65H81N10NaO23S. The van der Waals surface area contributed by atoms with Crippen molar-refractivity contribution in [2.24, 2.45) is 11.7 Å². The van der Waals surface area contributed by atoms with E-state index in [4.69, 9.17) is 23.8 Å². The maximum Gasteiger partial charge on any atom is 1.00 e. The number of aromatic hydroxyl groups is 1. The number of primary amides is 1. The Morgan fingerprint density at radius 1 is 0.720 bits per heavy atom. The number of hydrogen-bond acceptors (Lipinski definition) is 26. The maximum atomic E-state index is 14.7. The van der Waals surface area contributed by atoms with Crippen molar-refractivity contribution in [1.82, 2.24) is 46.6 Å². The number of aliphatic hydroxyl groups excluding tert-OH is 7. The molecule has 14 atom stereocenters. The molecule has 0 bridgehead atoms. The predicted octanol–water partition coefficient (Wildman–Crippen LogP) is -4.37. The summed E-state index contributed by atoms with van der Waals surface area (Å²) in [5, 5.41) is 124. The van der Waals surface area contributed by atoms with E-state index >= 15 is 0 Å². The Morgan fingerprint density at radius 3 is 1.92 bits per heavy atom. The van der Waals surface area contributed by atoms with Crippen LogP contribution in [-0.2, 0) is 47.7 Å². The van der Waals surface area contributed by atoms with Crippen LogP contribution in [0.25, 0.3) is 34.0 Å². The van der Waals surface area contributed by atoms with Crippen molar-refractivity contribution in [3.05, 3.63) is 102 Å². The molecule has 3 saturated heterocycles. The van der Waals surface area contributed by atoms with Crippen LogP contribution in [0.1, 0.15) is 93.7 Å². The number of rotatable bonds is 26. The first-order chi connectivity index (χ1) is 47.4. The third kappa shape index (κ3) is 20.9. The second kappa shape index (κ2) is 37.7. The van der Waals surface area contributed by atoms with Gasteiger partial charge in [0.25, 0.3) is 18.2 Å². The molecule has 14 unspecified atom stereocenters. The van der Waals surface area contributed by atoms with Gasteiger partial charge in [-0.1, -0.05) is 62.9 Å². The number of aromatic nitrogens is 2. The number of nitrogens with one attached hydrogen (secondary N) is 5. The topological polar surface area (TPSA) is 499 Å². The van der Waals surface area contributed by atoms with Crippen molar-refractivity contribution in [2.45, 2.75) is 151 Å². The number of amides is 8. The number of phenolic OH excluding ortho intramolecular Hbond substituents is 1. The van der Waals surface area contributed by atoms with Crippen molar-refractivity contribution in [1.29, 1.82) is 0 Å². The summed E-state index contributed by atoms with van der Waals surface area (Å²) in [4.78, 5) is 115. The molecule has 0 saturated carbocycles. The molecule has 4 heterocycles. The number of fused-ring (bicyclic) bond motifs is 2. The van der Waals surface area contributed by atoms with E-state index in [1.54, 1.807) is 7.11 Å². The van der Waals surface area contributed by atoms with Crippen molar-refractivity contribution in [3.63, 3.8) is 0 Å². The molecule has 0 spiro atoms. The Hall–Kier alpha value is -7.91. The molecule has 33 nitrogen and oxygen atoms in total. The number of phenols is 1. The van der Waals surface area contributed by atoms with E-state index in [9.17, 15) is 84.5 Å². The fraction of sp³-hybridized carbons (Fsp3) is 0.477. The van der Waals surface area contributed by atoms with Gasteiger partial charge in [-0.2, -0.15) is 0 Å². The summed E-state index contributed by atoms with van der Waals surface area (Å²) >= 11 is -0.0892. The third-order valence-electron chi connectivity index (χ3n) is 17.1. The van der Waals surface area contributed by atoms with Gasteiger partial charge < -0.3 is 106 Å². The van der Waals surface area contributed by atoms with Gasteiger partial charge in [0, 0.05) is 68.8 Å². The van der Waals surface area contributed by atoms with E-state index in [2.05, 4.69) is 46.2 Å². The zero-order valence-electron chi connectivity index (χ0n) is 55.1. The first-order valence-electron chi connectivity index (χ1n) is 31.9. The second-order valence-corrected chi connectivity index (χ2v) is 24.8. The van der Waals surface area contributed by atoms with E-state index in [1.807, 2.05) is 48.5 Å². The minimum absolute atomic E-state index is 0. The van der Waals surface area contributed by atoms with E-state index < -0.39 is 183 Å². The van der Waals surface area contributed by atoms with Gasteiger partial charge in [-0.05, 0) is 97.1 Å². The Kier molecular flexibility index (Phi) is 29.9. The number of carbonyl (C=O) groups is 8. The fourth-order valence-corrected chi connectivity index (χ4v) is 11.9. The number of methoxy groups -OCH3 is 1. The summed E-state index contributed by atoms with van der Waals surface area (Å²) in [6, 6.07) is 11.4. The summed E-state index contributed by atoms with van der Waals surface area (Å²) in [7, 11) is 1.71. The summed E-state index contributed by atoms with van der Waals surface area (Å²) in [6.07, 6.45) is -9.70. The van der Waals surface area contributed by atoms with Crippen LogP contribution >= 0.6 is 12.3 Å². The fourth-order valence-electron chi connectivity index (χ4n) is 11.7. The number of ether oxygens (including phenoxy) is 2. The third-order valence-corrected chi connectivity index (χ3v) is 17.4. The number of carbonyl (C=O) groups excluding carboxylic acids is 8. The zero-order chi connectivity index (χ0) is 71.6. The van der Waals surface area contributed by atoms with Crippen molar-refractivity contribution in [3.8, 4) is 51.3 Å². The largest absolute Gasteiger partial charge is 1.00 e.